The Labute approximate surface area is 198 Å². The molecule has 0 bridgehead atoms. The van der Waals surface area contributed by atoms with Crippen LogP contribution >= 0.6 is 0 Å². The van der Waals surface area contributed by atoms with Crippen molar-refractivity contribution in [1.29, 1.82) is 0 Å². The quantitative estimate of drug-likeness (QED) is 0.460. The molecule has 2 fully saturated rings. The van der Waals surface area contributed by atoms with Gasteiger partial charge in [0.05, 0.1) is 24.7 Å². The van der Waals surface area contributed by atoms with Crippen LogP contribution in [-0.4, -0.2) is 89.7 Å². The molecule has 0 aromatic heterocycles. The Kier molecular flexibility index (Phi) is 7.94. The third-order valence-corrected chi connectivity index (χ3v) is 6.17. The first-order chi connectivity index (χ1) is 16.5. The molecule has 1 N–H and O–H groups in total. The first-order valence-electron chi connectivity index (χ1n) is 11.5. The van der Waals surface area contributed by atoms with Crippen molar-refractivity contribution in [3.8, 4) is 11.5 Å². The molecule has 2 aliphatic rings. The third kappa shape index (κ3) is 6.22. The number of hydrogen-bond acceptors (Lipinski definition) is 8. The van der Waals surface area contributed by atoms with Crippen molar-refractivity contribution in [2.24, 2.45) is 0 Å². The Morgan fingerprint density at radius 2 is 1.65 bits per heavy atom. The standard InChI is InChI=1S/C24H30N4O6/c29-21-2-1-3-22(24(21)28(31)32)34-18-20-6-4-19(5-7-20)16-25-8-10-27(11-9-25)23(30)17-26-12-14-33-15-13-26/h1-7,29H,8-18H2. The number of benzene rings is 2. The fraction of sp³-hybridized carbons (Fsp3) is 0.458. The topological polar surface area (TPSA) is 109 Å². The largest absolute Gasteiger partial charge is 0.502 e. The average Bonchev–Trinajstić information content (AvgIpc) is 2.84. The van der Waals surface area contributed by atoms with Gasteiger partial charge in [0.25, 0.3) is 0 Å². The van der Waals surface area contributed by atoms with E-state index in [0.717, 1.165) is 56.9 Å². The van der Waals surface area contributed by atoms with Crippen LogP contribution in [0.1, 0.15) is 11.1 Å². The smallest absolute Gasteiger partial charge is 0.352 e. The molecule has 2 aromatic carbocycles. The minimum atomic E-state index is -0.649. The minimum Gasteiger partial charge on any atom is -0.502 e. The third-order valence-electron chi connectivity index (χ3n) is 6.17. The van der Waals surface area contributed by atoms with Gasteiger partial charge in [-0.1, -0.05) is 30.3 Å². The Morgan fingerprint density at radius 1 is 0.971 bits per heavy atom. The van der Waals surface area contributed by atoms with E-state index in [1.165, 1.54) is 18.2 Å². The number of hydrogen-bond donors (Lipinski definition) is 1. The molecule has 0 aliphatic carbocycles. The van der Waals surface area contributed by atoms with Crippen LogP contribution < -0.4 is 4.74 Å². The molecule has 1 amide bonds. The Morgan fingerprint density at radius 3 is 2.32 bits per heavy atom. The molecule has 2 heterocycles. The molecule has 10 heteroatoms. The summed E-state index contributed by atoms with van der Waals surface area (Å²) in [4.78, 5) is 29.5. The number of phenolic OH excluding ortho intramolecular Hbond substituents is 1. The van der Waals surface area contributed by atoms with Crippen molar-refractivity contribution < 1.29 is 24.3 Å². The van der Waals surface area contributed by atoms with E-state index in [-0.39, 0.29) is 18.3 Å². The number of nitro groups is 1. The number of aromatic hydroxyl groups is 1. The van der Waals surface area contributed by atoms with Crippen molar-refractivity contribution in [3.05, 3.63) is 63.7 Å². The molecule has 182 valence electrons. The van der Waals surface area contributed by atoms with E-state index in [2.05, 4.69) is 9.80 Å². The van der Waals surface area contributed by atoms with Gasteiger partial charge in [-0.25, -0.2) is 0 Å². The van der Waals surface area contributed by atoms with Crippen LogP contribution in [-0.2, 0) is 22.7 Å². The second kappa shape index (κ2) is 11.3. The van der Waals surface area contributed by atoms with Crippen LogP contribution in [0.2, 0.25) is 0 Å². The zero-order valence-corrected chi connectivity index (χ0v) is 19.1. The van der Waals surface area contributed by atoms with Crippen molar-refractivity contribution in [2.45, 2.75) is 13.2 Å². The van der Waals surface area contributed by atoms with Crippen molar-refractivity contribution in [1.82, 2.24) is 14.7 Å². The molecule has 2 aliphatic heterocycles. The molecule has 0 atom stereocenters. The zero-order chi connectivity index (χ0) is 23.9. The number of rotatable bonds is 8. The molecule has 0 unspecified atom stereocenters. The number of nitro benzene ring substituents is 1. The van der Waals surface area contributed by atoms with E-state index in [1.54, 1.807) is 0 Å². The number of ether oxygens (including phenoxy) is 2. The van der Waals surface area contributed by atoms with Gasteiger partial charge in [-0.3, -0.25) is 24.7 Å². The number of carbonyl (C=O) groups excluding carboxylic acids is 1. The second-order valence-electron chi connectivity index (χ2n) is 8.53. The maximum atomic E-state index is 12.6. The lowest BCUT2D eigenvalue weighted by atomic mass is 10.1. The minimum absolute atomic E-state index is 0.0371. The van der Waals surface area contributed by atoms with Crippen molar-refractivity contribution in [2.75, 3.05) is 59.0 Å². The Balaban J connectivity index is 1.23. The summed E-state index contributed by atoms with van der Waals surface area (Å²) in [5.74, 6) is -0.186. The van der Waals surface area contributed by atoms with Gasteiger partial charge in [-0.15, -0.1) is 0 Å². The lowest BCUT2D eigenvalue weighted by molar-refractivity contribution is -0.386. The summed E-state index contributed by atoms with van der Waals surface area (Å²) in [6, 6.07) is 12.2. The monoisotopic (exact) mass is 470 g/mol. The molecule has 4 rings (SSSR count). The zero-order valence-electron chi connectivity index (χ0n) is 19.1. The summed E-state index contributed by atoms with van der Waals surface area (Å²) < 4.78 is 10.9. The van der Waals surface area contributed by atoms with Crippen LogP contribution in [0.25, 0.3) is 0 Å². The molecule has 0 saturated carbocycles. The molecular weight excluding hydrogens is 440 g/mol. The van der Waals surface area contributed by atoms with E-state index in [4.69, 9.17) is 9.47 Å². The van der Waals surface area contributed by atoms with Crippen molar-refractivity contribution in [3.63, 3.8) is 0 Å². The highest BCUT2D eigenvalue weighted by Gasteiger charge is 2.24. The Bertz CT molecular complexity index is 985. The van der Waals surface area contributed by atoms with E-state index in [9.17, 15) is 20.0 Å². The summed E-state index contributed by atoms with van der Waals surface area (Å²) in [7, 11) is 0. The highest BCUT2D eigenvalue weighted by atomic mass is 16.6. The second-order valence-corrected chi connectivity index (χ2v) is 8.53. The van der Waals surface area contributed by atoms with E-state index >= 15 is 0 Å². The van der Waals surface area contributed by atoms with Crippen LogP contribution in [0.3, 0.4) is 0 Å². The molecule has 0 radical (unpaired) electrons. The molecule has 2 saturated heterocycles. The number of amides is 1. The number of nitrogens with zero attached hydrogens (tertiary/aromatic N) is 4. The number of para-hydroxylation sites is 1. The fourth-order valence-corrected chi connectivity index (χ4v) is 4.18. The number of piperazine rings is 1. The predicted molar refractivity (Wildman–Crippen MR) is 125 cm³/mol. The maximum Gasteiger partial charge on any atom is 0.352 e. The SMILES string of the molecule is O=C(CN1CCOCC1)N1CCN(Cc2ccc(COc3cccc(O)c3[N+](=O)[O-])cc2)CC1. The highest BCUT2D eigenvalue weighted by molar-refractivity contribution is 5.78. The van der Waals surface area contributed by atoms with Gasteiger partial charge in [0, 0.05) is 45.8 Å². The summed E-state index contributed by atoms with van der Waals surface area (Å²) in [6.07, 6.45) is 0. The molecular formula is C24H30N4O6. The Hall–Kier alpha value is -3.21. The van der Waals surface area contributed by atoms with E-state index in [0.29, 0.717) is 19.8 Å². The summed E-state index contributed by atoms with van der Waals surface area (Å²) in [5.41, 5.74) is 1.60. The summed E-state index contributed by atoms with van der Waals surface area (Å²) >= 11 is 0. The van der Waals surface area contributed by atoms with Gasteiger partial charge < -0.3 is 19.5 Å². The van der Waals surface area contributed by atoms with Gasteiger partial charge in [0.15, 0.2) is 5.75 Å². The van der Waals surface area contributed by atoms with Gasteiger partial charge in [-0.05, 0) is 23.3 Å². The lowest BCUT2D eigenvalue weighted by Gasteiger charge is -2.36. The molecule has 34 heavy (non-hydrogen) atoms. The number of carbonyl (C=O) groups is 1. The van der Waals surface area contributed by atoms with Crippen molar-refractivity contribution >= 4 is 11.6 Å². The predicted octanol–water partition coefficient (Wildman–Crippen LogP) is 1.86. The highest BCUT2D eigenvalue weighted by Crippen LogP contribution is 2.35. The molecule has 0 spiro atoms. The summed E-state index contributed by atoms with van der Waals surface area (Å²) in [5, 5.41) is 20.9. The fourth-order valence-electron chi connectivity index (χ4n) is 4.18. The molecule has 10 nitrogen and oxygen atoms in total. The molecule has 2 aromatic rings. The maximum absolute atomic E-state index is 12.6. The number of phenols is 1. The summed E-state index contributed by atoms with van der Waals surface area (Å²) in [6.45, 7) is 7.59. The van der Waals surface area contributed by atoms with E-state index in [1.807, 2.05) is 29.2 Å². The van der Waals surface area contributed by atoms with E-state index < -0.39 is 16.4 Å². The first kappa shape index (κ1) is 23.9. The van der Waals surface area contributed by atoms with Gasteiger partial charge in [0.1, 0.15) is 6.61 Å². The van der Waals surface area contributed by atoms with Crippen LogP contribution in [0, 0.1) is 10.1 Å². The average molecular weight is 471 g/mol. The van der Waals surface area contributed by atoms with Gasteiger partial charge in [0.2, 0.25) is 11.7 Å². The first-order valence-corrected chi connectivity index (χ1v) is 11.5. The van der Waals surface area contributed by atoms with Gasteiger partial charge >= 0.3 is 5.69 Å². The number of morpholine rings is 1. The van der Waals surface area contributed by atoms with Gasteiger partial charge in [-0.2, -0.15) is 0 Å². The normalized spacial score (nSPS) is 17.5. The van der Waals surface area contributed by atoms with Crippen LogP contribution in [0.15, 0.2) is 42.5 Å². The lowest BCUT2D eigenvalue weighted by Crippen LogP contribution is -2.51. The van der Waals surface area contributed by atoms with Crippen LogP contribution in [0.4, 0.5) is 5.69 Å². The van der Waals surface area contributed by atoms with Crippen LogP contribution in [0.5, 0.6) is 11.5 Å².